The number of aromatic carboxylic acids is 1. The van der Waals surface area contributed by atoms with Crippen LogP contribution < -0.4 is 0 Å². The number of aromatic nitrogens is 1. The van der Waals surface area contributed by atoms with E-state index in [1.165, 1.54) is 0 Å². The molecule has 2 N–H and O–H groups in total. The van der Waals surface area contributed by atoms with Crippen LogP contribution in [0.5, 0.6) is 0 Å². The first-order chi connectivity index (χ1) is 6.72. The van der Waals surface area contributed by atoms with Crippen molar-refractivity contribution in [3.63, 3.8) is 0 Å². The van der Waals surface area contributed by atoms with E-state index in [1.54, 1.807) is 23.9 Å². The number of aromatic amines is 1. The molecule has 2 rings (SSSR count). The summed E-state index contributed by atoms with van der Waals surface area (Å²) >= 11 is 1.55. The number of nitrogens with one attached hydrogen (secondary N) is 1. The first-order valence-electron chi connectivity index (χ1n) is 4.11. The van der Waals surface area contributed by atoms with Crippen molar-refractivity contribution in [3.05, 3.63) is 30.0 Å². The lowest BCUT2D eigenvalue weighted by atomic mass is 10.1. The molecular weight excluding hydrogens is 198 g/mol. The lowest BCUT2D eigenvalue weighted by molar-refractivity contribution is 0.0697. The van der Waals surface area contributed by atoms with Crippen LogP contribution in [0.3, 0.4) is 0 Å². The van der Waals surface area contributed by atoms with Crippen molar-refractivity contribution in [2.45, 2.75) is 4.90 Å². The Morgan fingerprint density at radius 3 is 2.93 bits per heavy atom. The molecule has 0 spiro atoms. The molecule has 0 amide bonds. The summed E-state index contributed by atoms with van der Waals surface area (Å²) in [6.07, 6.45) is 3.75. The molecule has 4 heteroatoms. The van der Waals surface area contributed by atoms with Crippen molar-refractivity contribution in [1.29, 1.82) is 0 Å². The predicted molar refractivity (Wildman–Crippen MR) is 57.0 cm³/mol. The summed E-state index contributed by atoms with van der Waals surface area (Å²) in [6.45, 7) is 0. The van der Waals surface area contributed by atoms with Crippen LogP contribution in [0.4, 0.5) is 0 Å². The minimum Gasteiger partial charge on any atom is -0.478 e. The highest BCUT2D eigenvalue weighted by molar-refractivity contribution is 7.98. The SMILES string of the molecule is CSc1cc(C(=O)O)cc2[nH]ccc12. The van der Waals surface area contributed by atoms with Gasteiger partial charge in [-0.3, -0.25) is 0 Å². The van der Waals surface area contributed by atoms with Gasteiger partial charge in [-0.1, -0.05) is 0 Å². The minimum atomic E-state index is -0.892. The number of rotatable bonds is 2. The van der Waals surface area contributed by atoms with Crippen LogP contribution in [0.15, 0.2) is 29.3 Å². The van der Waals surface area contributed by atoms with Gasteiger partial charge in [0.25, 0.3) is 0 Å². The van der Waals surface area contributed by atoms with Gasteiger partial charge in [-0.25, -0.2) is 4.79 Å². The molecule has 14 heavy (non-hydrogen) atoms. The summed E-state index contributed by atoms with van der Waals surface area (Å²) in [5.74, 6) is -0.892. The van der Waals surface area contributed by atoms with Gasteiger partial charge in [-0.2, -0.15) is 0 Å². The Hall–Kier alpha value is -1.42. The fourth-order valence-electron chi connectivity index (χ4n) is 1.43. The number of thioether (sulfide) groups is 1. The molecule has 1 aromatic carbocycles. The fourth-order valence-corrected chi connectivity index (χ4v) is 2.07. The average Bonchev–Trinajstić information content (AvgIpc) is 2.63. The first kappa shape index (κ1) is 9.15. The molecule has 0 saturated heterocycles. The van der Waals surface area contributed by atoms with Crippen LogP contribution in [-0.2, 0) is 0 Å². The highest BCUT2D eigenvalue weighted by atomic mass is 32.2. The highest BCUT2D eigenvalue weighted by Crippen LogP contribution is 2.27. The molecular formula is C10H9NO2S. The topological polar surface area (TPSA) is 53.1 Å². The van der Waals surface area contributed by atoms with Gasteiger partial charge in [0.05, 0.1) is 5.56 Å². The van der Waals surface area contributed by atoms with Crippen LogP contribution in [0.25, 0.3) is 10.9 Å². The maximum absolute atomic E-state index is 10.8. The maximum Gasteiger partial charge on any atom is 0.335 e. The van der Waals surface area contributed by atoms with E-state index in [9.17, 15) is 4.79 Å². The average molecular weight is 207 g/mol. The van der Waals surface area contributed by atoms with Crippen molar-refractivity contribution >= 4 is 28.6 Å². The van der Waals surface area contributed by atoms with Gasteiger partial charge in [-0.05, 0) is 24.5 Å². The summed E-state index contributed by atoms with van der Waals surface area (Å²) in [5, 5.41) is 9.95. The summed E-state index contributed by atoms with van der Waals surface area (Å²) in [5.41, 5.74) is 1.19. The Bertz CT molecular complexity index is 490. The summed E-state index contributed by atoms with van der Waals surface area (Å²) < 4.78 is 0. The van der Waals surface area contributed by atoms with Crippen molar-refractivity contribution < 1.29 is 9.90 Å². The monoisotopic (exact) mass is 207 g/mol. The lowest BCUT2D eigenvalue weighted by Gasteiger charge is -2.01. The lowest BCUT2D eigenvalue weighted by Crippen LogP contribution is -1.96. The molecule has 0 aliphatic rings. The molecule has 0 radical (unpaired) electrons. The molecule has 3 nitrogen and oxygen atoms in total. The Morgan fingerprint density at radius 2 is 2.29 bits per heavy atom. The third kappa shape index (κ3) is 1.37. The molecule has 1 heterocycles. The molecule has 72 valence electrons. The third-order valence-electron chi connectivity index (χ3n) is 2.10. The second-order valence-corrected chi connectivity index (χ2v) is 3.77. The third-order valence-corrected chi connectivity index (χ3v) is 2.88. The molecule has 0 bridgehead atoms. The number of carboxylic acid groups (broad SMARTS) is 1. The van der Waals surface area contributed by atoms with E-state index < -0.39 is 5.97 Å². The van der Waals surface area contributed by atoms with Crippen molar-refractivity contribution in [1.82, 2.24) is 4.98 Å². The van der Waals surface area contributed by atoms with E-state index in [1.807, 2.05) is 18.5 Å². The van der Waals surface area contributed by atoms with Gasteiger partial charge >= 0.3 is 5.97 Å². The van der Waals surface area contributed by atoms with Crippen LogP contribution in [0.2, 0.25) is 0 Å². The summed E-state index contributed by atoms with van der Waals surface area (Å²) in [4.78, 5) is 14.8. The van der Waals surface area contributed by atoms with Crippen LogP contribution in [0, 0.1) is 0 Å². The highest BCUT2D eigenvalue weighted by Gasteiger charge is 2.08. The zero-order valence-electron chi connectivity index (χ0n) is 7.57. The van der Waals surface area contributed by atoms with Crippen molar-refractivity contribution in [2.75, 3.05) is 6.26 Å². The molecule has 0 atom stereocenters. The molecule has 1 aromatic heterocycles. The van der Waals surface area contributed by atoms with E-state index in [-0.39, 0.29) is 0 Å². The standard InChI is InChI=1S/C10H9NO2S/c1-14-9-5-6(10(12)13)4-8-7(9)2-3-11-8/h2-5,11H,1H3,(H,12,13). The molecule has 0 saturated carbocycles. The van der Waals surface area contributed by atoms with Gasteiger partial charge in [0.15, 0.2) is 0 Å². The van der Waals surface area contributed by atoms with Gasteiger partial charge in [-0.15, -0.1) is 11.8 Å². The van der Waals surface area contributed by atoms with E-state index in [0.29, 0.717) is 5.56 Å². The van der Waals surface area contributed by atoms with Gasteiger partial charge in [0, 0.05) is 22.0 Å². The fraction of sp³-hybridized carbons (Fsp3) is 0.100. The summed E-state index contributed by atoms with van der Waals surface area (Å²) in [6, 6.07) is 5.30. The Balaban J connectivity index is 2.73. The zero-order chi connectivity index (χ0) is 10.1. The number of fused-ring (bicyclic) bond motifs is 1. The van der Waals surface area contributed by atoms with Gasteiger partial charge < -0.3 is 10.1 Å². The minimum absolute atomic E-state index is 0.323. The quantitative estimate of drug-likeness (QED) is 0.744. The number of benzene rings is 1. The van der Waals surface area contributed by atoms with E-state index in [4.69, 9.17) is 5.11 Å². The molecule has 0 aliphatic heterocycles. The van der Waals surface area contributed by atoms with Gasteiger partial charge in [0.2, 0.25) is 0 Å². The Kier molecular flexibility index (Phi) is 2.21. The molecule has 0 unspecified atom stereocenters. The predicted octanol–water partition coefficient (Wildman–Crippen LogP) is 2.59. The van der Waals surface area contributed by atoms with Crippen molar-refractivity contribution in [2.24, 2.45) is 0 Å². The van der Waals surface area contributed by atoms with Crippen molar-refractivity contribution in [3.8, 4) is 0 Å². The van der Waals surface area contributed by atoms with E-state index in [0.717, 1.165) is 15.8 Å². The molecule has 0 fully saturated rings. The molecule has 0 aliphatic carbocycles. The molecule has 2 aromatic rings. The second kappa shape index (κ2) is 3.38. The number of H-pyrrole nitrogens is 1. The largest absolute Gasteiger partial charge is 0.478 e. The normalized spacial score (nSPS) is 10.6. The van der Waals surface area contributed by atoms with Gasteiger partial charge in [0.1, 0.15) is 0 Å². The Morgan fingerprint density at radius 1 is 1.50 bits per heavy atom. The van der Waals surface area contributed by atoms with E-state index >= 15 is 0 Å². The number of hydrogen-bond donors (Lipinski definition) is 2. The zero-order valence-corrected chi connectivity index (χ0v) is 8.39. The van der Waals surface area contributed by atoms with Crippen LogP contribution >= 0.6 is 11.8 Å². The number of hydrogen-bond acceptors (Lipinski definition) is 2. The Labute approximate surface area is 85.1 Å². The smallest absolute Gasteiger partial charge is 0.335 e. The maximum atomic E-state index is 10.8. The first-order valence-corrected chi connectivity index (χ1v) is 5.33. The summed E-state index contributed by atoms with van der Waals surface area (Å²) in [7, 11) is 0. The van der Waals surface area contributed by atoms with E-state index in [2.05, 4.69) is 4.98 Å². The van der Waals surface area contributed by atoms with Crippen LogP contribution in [-0.4, -0.2) is 22.3 Å². The second-order valence-electron chi connectivity index (χ2n) is 2.92. The number of carboxylic acids is 1. The van der Waals surface area contributed by atoms with Crippen LogP contribution in [0.1, 0.15) is 10.4 Å². The number of carbonyl (C=O) groups is 1.